The molecule has 10 heavy (non-hydrogen) atoms. The topological polar surface area (TPSA) is 35.2 Å². The summed E-state index contributed by atoms with van der Waals surface area (Å²) in [6.45, 7) is 4.57. The van der Waals surface area contributed by atoms with E-state index in [0.717, 1.165) is 0 Å². The standard InChI is InChI=1S/C8H15NO/c1-4-6-8(9)7(3)10-5-2/h1,7-8H,5-6,9H2,2-3H3. The van der Waals surface area contributed by atoms with Gasteiger partial charge in [0, 0.05) is 19.1 Å². The first-order chi connectivity index (χ1) is 4.72. The molecule has 0 bridgehead atoms. The average Bonchev–Trinajstić information content (AvgIpc) is 1.89. The summed E-state index contributed by atoms with van der Waals surface area (Å²) in [5, 5.41) is 0. The molecule has 2 N–H and O–H groups in total. The van der Waals surface area contributed by atoms with Crippen LogP contribution in [0.15, 0.2) is 0 Å². The fourth-order valence-corrected chi connectivity index (χ4v) is 0.689. The van der Waals surface area contributed by atoms with Crippen LogP contribution in [0.4, 0.5) is 0 Å². The summed E-state index contributed by atoms with van der Waals surface area (Å²) in [6.07, 6.45) is 5.73. The summed E-state index contributed by atoms with van der Waals surface area (Å²) in [4.78, 5) is 0. The summed E-state index contributed by atoms with van der Waals surface area (Å²) >= 11 is 0. The molecule has 0 aliphatic rings. The van der Waals surface area contributed by atoms with Crippen LogP contribution < -0.4 is 5.73 Å². The van der Waals surface area contributed by atoms with E-state index in [-0.39, 0.29) is 12.1 Å². The van der Waals surface area contributed by atoms with E-state index < -0.39 is 0 Å². The third-order valence-corrected chi connectivity index (χ3v) is 1.39. The van der Waals surface area contributed by atoms with Crippen molar-refractivity contribution in [1.29, 1.82) is 0 Å². The number of rotatable bonds is 4. The quantitative estimate of drug-likeness (QED) is 0.587. The molecule has 0 aliphatic carbocycles. The van der Waals surface area contributed by atoms with Crippen LogP contribution in [0.3, 0.4) is 0 Å². The molecule has 0 aromatic heterocycles. The molecule has 0 aliphatic heterocycles. The Labute approximate surface area is 62.7 Å². The number of ether oxygens (including phenoxy) is 1. The van der Waals surface area contributed by atoms with E-state index in [0.29, 0.717) is 13.0 Å². The Hall–Kier alpha value is -0.520. The normalized spacial score (nSPS) is 15.8. The molecular formula is C8H15NO. The summed E-state index contributed by atoms with van der Waals surface area (Å²) in [6, 6.07) is -0.0232. The zero-order chi connectivity index (χ0) is 7.98. The maximum Gasteiger partial charge on any atom is 0.0707 e. The maximum absolute atomic E-state index is 5.65. The highest BCUT2D eigenvalue weighted by molar-refractivity contribution is 4.90. The molecule has 0 amide bonds. The van der Waals surface area contributed by atoms with Gasteiger partial charge in [-0.1, -0.05) is 0 Å². The minimum Gasteiger partial charge on any atom is -0.377 e. The van der Waals surface area contributed by atoms with E-state index >= 15 is 0 Å². The minimum absolute atomic E-state index is 0.0232. The zero-order valence-electron chi connectivity index (χ0n) is 6.63. The van der Waals surface area contributed by atoms with Gasteiger partial charge in [0.05, 0.1) is 6.10 Å². The van der Waals surface area contributed by atoms with E-state index in [1.807, 2.05) is 13.8 Å². The molecule has 0 fully saturated rings. The van der Waals surface area contributed by atoms with Crippen molar-refractivity contribution in [3.05, 3.63) is 0 Å². The van der Waals surface area contributed by atoms with Crippen LogP contribution in [0.1, 0.15) is 20.3 Å². The van der Waals surface area contributed by atoms with Crippen molar-refractivity contribution < 1.29 is 4.74 Å². The van der Waals surface area contributed by atoms with Crippen LogP contribution in [-0.4, -0.2) is 18.8 Å². The first-order valence-electron chi connectivity index (χ1n) is 3.53. The number of terminal acetylenes is 1. The van der Waals surface area contributed by atoms with Crippen LogP contribution in [0, 0.1) is 12.3 Å². The second-order valence-corrected chi connectivity index (χ2v) is 2.23. The van der Waals surface area contributed by atoms with Gasteiger partial charge in [-0.25, -0.2) is 0 Å². The van der Waals surface area contributed by atoms with Crippen molar-refractivity contribution in [1.82, 2.24) is 0 Å². The predicted octanol–water partition coefficient (Wildman–Crippen LogP) is 0.762. The van der Waals surface area contributed by atoms with Gasteiger partial charge in [-0.2, -0.15) is 0 Å². The molecule has 0 rings (SSSR count). The third kappa shape index (κ3) is 3.49. The van der Waals surface area contributed by atoms with Crippen LogP contribution in [0.25, 0.3) is 0 Å². The summed E-state index contributed by atoms with van der Waals surface area (Å²) in [5.74, 6) is 2.50. The Morgan fingerprint density at radius 1 is 1.70 bits per heavy atom. The Morgan fingerprint density at radius 3 is 2.70 bits per heavy atom. The lowest BCUT2D eigenvalue weighted by atomic mass is 10.1. The van der Waals surface area contributed by atoms with Crippen LogP contribution in [0.5, 0.6) is 0 Å². The second-order valence-electron chi connectivity index (χ2n) is 2.23. The lowest BCUT2D eigenvalue weighted by molar-refractivity contribution is 0.0588. The maximum atomic E-state index is 5.65. The van der Waals surface area contributed by atoms with Crippen molar-refractivity contribution in [2.45, 2.75) is 32.4 Å². The number of hydrogen-bond acceptors (Lipinski definition) is 2. The number of nitrogens with two attached hydrogens (primary N) is 1. The van der Waals surface area contributed by atoms with E-state index in [1.165, 1.54) is 0 Å². The van der Waals surface area contributed by atoms with Gasteiger partial charge in [-0.05, 0) is 13.8 Å². The molecule has 2 nitrogen and oxygen atoms in total. The molecule has 2 heteroatoms. The Morgan fingerprint density at radius 2 is 2.30 bits per heavy atom. The predicted molar refractivity (Wildman–Crippen MR) is 42.5 cm³/mol. The van der Waals surface area contributed by atoms with Crippen LogP contribution in [-0.2, 0) is 4.74 Å². The summed E-state index contributed by atoms with van der Waals surface area (Å²) in [5.41, 5.74) is 5.65. The fourth-order valence-electron chi connectivity index (χ4n) is 0.689. The minimum atomic E-state index is -0.0232. The van der Waals surface area contributed by atoms with Gasteiger partial charge in [0.1, 0.15) is 0 Å². The molecule has 0 saturated heterocycles. The summed E-state index contributed by atoms with van der Waals surface area (Å²) < 4.78 is 5.24. The molecule has 58 valence electrons. The highest BCUT2D eigenvalue weighted by Gasteiger charge is 2.09. The lowest BCUT2D eigenvalue weighted by Crippen LogP contribution is -2.34. The smallest absolute Gasteiger partial charge is 0.0707 e. The second kappa shape index (κ2) is 5.28. The van der Waals surface area contributed by atoms with Crippen molar-refractivity contribution in [2.24, 2.45) is 5.73 Å². The highest BCUT2D eigenvalue weighted by Crippen LogP contribution is 1.98. The van der Waals surface area contributed by atoms with Gasteiger partial charge in [0.2, 0.25) is 0 Å². The summed E-state index contributed by atoms with van der Waals surface area (Å²) in [7, 11) is 0. The van der Waals surface area contributed by atoms with Gasteiger partial charge in [-0.15, -0.1) is 12.3 Å². The molecule has 0 aromatic carbocycles. The van der Waals surface area contributed by atoms with Gasteiger partial charge in [0.25, 0.3) is 0 Å². The monoisotopic (exact) mass is 141 g/mol. The Kier molecular flexibility index (Phi) is 5.00. The molecule has 0 spiro atoms. The van der Waals surface area contributed by atoms with Crippen molar-refractivity contribution in [3.8, 4) is 12.3 Å². The Bertz CT molecular complexity index is 117. The average molecular weight is 141 g/mol. The van der Waals surface area contributed by atoms with Crippen LogP contribution >= 0.6 is 0 Å². The van der Waals surface area contributed by atoms with E-state index in [1.54, 1.807) is 0 Å². The van der Waals surface area contributed by atoms with E-state index in [2.05, 4.69) is 5.92 Å². The molecule has 2 unspecified atom stereocenters. The van der Waals surface area contributed by atoms with Crippen molar-refractivity contribution in [2.75, 3.05) is 6.61 Å². The van der Waals surface area contributed by atoms with E-state index in [9.17, 15) is 0 Å². The molecule has 0 radical (unpaired) electrons. The van der Waals surface area contributed by atoms with Gasteiger partial charge in [-0.3, -0.25) is 0 Å². The van der Waals surface area contributed by atoms with E-state index in [4.69, 9.17) is 16.9 Å². The molecule has 0 aromatic rings. The molecule has 0 heterocycles. The lowest BCUT2D eigenvalue weighted by Gasteiger charge is -2.16. The Balaban J connectivity index is 3.50. The highest BCUT2D eigenvalue weighted by atomic mass is 16.5. The third-order valence-electron chi connectivity index (χ3n) is 1.39. The van der Waals surface area contributed by atoms with Crippen LogP contribution in [0.2, 0.25) is 0 Å². The van der Waals surface area contributed by atoms with Crippen molar-refractivity contribution in [3.63, 3.8) is 0 Å². The molecular weight excluding hydrogens is 126 g/mol. The van der Waals surface area contributed by atoms with Crippen molar-refractivity contribution >= 4 is 0 Å². The zero-order valence-corrected chi connectivity index (χ0v) is 6.63. The molecule has 2 atom stereocenters. The van der Waals surface area contributed by atoms with Gasteiger partial charge in [0.15, 0.2) is 0 Å². The molecule has 0 saturated carbocycles. The van der Waals surface area contributed by atoms with Gasteiger partial charge >= 0.3 is 0 Å². The number of hydrogen-bond donors (Lipinski definition) is 1. The first kappa shape index (κ1) is 9.48. The first-order valence-corrected chi connectivity index (χ1v) is 3.53. The largest absolute Gasteiger partial charge is 0.377 e. The van der Waals surface area contributed by atoms with Gasteiger partial charge < -0.3 is 10.5 Å². The SMILES string of the molecule is C#CCC(N)C(C)OCC. The fraction of sp³-hybridized carbons (Fsp3) is 0.750.